The van der Waals surface area contributed by atoms with E-state index in [1.165, 1.54) is 9.77 Å². The number of thiophene rings is 1. The number of nitriles is 1. The van der Waals surface area contributed by atoms with Gasteiger partial charge in [0, 0.05) is 11.3 Å². The van der Waals surface area contributed by atoms with Crippen molar-refractivity contribution in [1.29, 1.82) is 5.26 Å². The van der Waals surface area contributed by atoms with E-state index < -0.39 is 0 Å². The highest BCUT2D eigenvalue weighted by Crippen LogP contribution is 2.45. The quantitative estimate of drug-likeness (QED) is 0.894. The lowest BCUT2D eigenvalue weighted by Gasteiger charge is -2.28. The van der Waals surface area contributed by atoms with Crippen LogP contribution in [0.3, 0.4) is 0 Å². The molecule has 0 spiro atoms. The molecule has 0 saturated carbocycles. The van der Waals surface area contributed by atoms with Crippen molar-refractivity contribution < 1.29 is 4.74 Å². The fourth-order valence-corrected chi connectivity index (χ4v) is 5.12. The summed E-state index contributed by atoms with van der Waals surface area (Å²) in [4.78, 5) is 0. The molecule has 2 atom stereocenters. The smallest absolute Gasteiger partial charge is 0.143 e. The molecular formula is C16H16N2OS2. The zero-order chi connectivity index (χ0) is 14.8. The van der Waals surface area contributed by atoms with Crippen LogP contribution < -0.4 is 10.1 Å². The van der Waals surface area contributed by atoms with Gasteiger partial charge in [-0.05, 0) is 35.6 Å². The molecule has 0 saturated heterocycles. The first-order valence-corrected chi connectivity index (χ1v) is 8.56. The summed E-state index contributed by atoms with van der Waals surface area (Å²) < 4.78 is 6.81. The van der Waals surface area contributed by atoms with Gasteiger partial charge >= 0.3 is 0 Å². The number of hydrogen-bond acceptors (Lipinski definition) is 5. The molecule has 1 aromatic carbocycles. The molecule has 1 N–H and O–H groups in total. The largest absolute Gasteiger partial charge is 0.495 e. The summed E-state index contributed by atoms with van der Waals surface area (Å²) in [6, 6.07) is 10.2. The molecule has 1 unspecified atom stereocenters. The second-order valence-corrected chi connectivity index (χ2v) is 7.67. The third-order valence-electron chi connectivity index (χ3n) is 3.57. The Morgan fingerprint density at radius 2 is 2.24 bits per heavy atom. The van der Waals surface area contributed by atoms with Gasteiger partial charge in [0.1, 0.15) is 5.75 Å². The second-order valence-electron chi connectivity index (χ2n) is 5.05. The van der Waals surface area contributed by atoms with Crippen LogP contribution in [0.4, 0.5) is 5.69 Å². The Hall–Kier alpha value is -1.64. The van der Waals surface area contributed by atoms with Crippen molar-refractivity contribution in [1.82, 2.24) is 0 Å². The highest BCUT2D eigenvalue weighted by atomic mass is 32.2. The van der Waals surface area contributed by atoms with Crippen molar-refractivity contribution in [3.8, 4) is 11.8 Å². The van der Waals surface area contributed by atoms with Crippen LogP contribution in [0.1, 0.15) is 30.5 Å². The highest BCUT2D eigenvalue weighted by Gasteiger charge is 2.26. The second kappa shape index (κ2) is 6.00. The van der Waals surface area contributed by atoms with Gasteiger partial charge in [0.05, 0.1) is 34.7 Å². The third-order valence-corrected chi connectivity index (χ3v) is 5.91. The van der Waals surface area contributed by atoms with Gasteiger partial charge in [0.2, 0.25) is 0 Å². The molecular weight excluding hydrogens is 300 g/mol. The van der Waals surface area contributed by atoms with Crippen LogP contribution in [0.5, 0.6) is 5.75 Å². The van der Waals surface area contributed by atoms with E-state index in [9.17, 15) is 0 Å². The minimum absolute atomic E-state index is 0.296. The van der Waals surface area contributed by atoms with Gasteiger partial charge in [-0.1, -0.05) is 6.92 Å². The predicted octanol–water partition coefficient (Wildman–Crippen LogP) is 4.67. The first kappa shape index (κ1) is 14.3. The molecule has 3 nitrogen and oxygen atoms in total. The number of thioether (sulfide) groups is 1. The number of methoxy groups -OCH3 is 1. The maximum atomic E-state index is 8.98. The molecule has 1 aromatic heterocycles. The Morgan fingerprint density at radius 3 is 3.00 bits per heavy atom. The lowest BCUT2D eigenvalue weighted by atomic mass is 10.0. The van der Waals surface area contributed by atoms with Crippen molar-refractivity contribution in [3.05, 3.63) is 40.8 Å². The first-order valence-electron chi connectivity index (χ1n) is 6.80. The van der Waals surface area contributed by atoms with E-state index in [0.29, 0.717) is 16.9 Å². The first-order chi connectivity index (χ1) is 10.2. The topological polar surface area (TPSA) is 45.0 Å². The summed E-state index contributed by atoms with van der Waals surface area (Å²) in [6.07, 6.45) is 1.08. The van der Waals surface area contributed by atoms with E-state index in [-0.39, 0.29) is 0 Å². The van der Waals surface area contributed by atoms with Crippen LogP contribution in [0.25, 0.3) is 0 Å². The lowest BCUT2D eigenvalue weighted by molar-refractivity contribution is 0.415. The van der Waals surface area contributed by atoms with Crippen LogP contribution in [0.15, 0.2) is 33.9 Å². The maximum absolute atomic E-state index is 8.98. The standard InChI is InChI=1S/C16H16N2OS2/c1-10-7-14(12-5-6-20-16(12)21-10)18-13-4-3-11(9-17)8-15(13)19-2/h3-6,8,10,14,18H,7H2,1-2H3/t10-,14?/m0/s1. The number of fused-ring (bicyclic) bond motifs is 1. The van der Waals surface area contributed by atoms with E-state index in [1.807, 2.05) is 35.2 Å². The van der Waals surface area contributed by atoms with Crippen molar-refractivity contribution in [2.45, 2.75) is 28.8 Å². The number of nitrogens with one attached hydrogen (secondary N) is 1. The van der Waals surface area contributed by atoms with Gasteiger partial charge < -0.3 is 10.1 Å². The van der Waals surface area contributed by atoms with E-state index in [4.69, 9.17) is 10.00 Å². The number of nitrogens with zero attached hydrogens (tertiary/aromatic N) is 1. The fourth-order valence-electron chi connectivity index (χ4n) is 2.55. The predicted molar refractivity (Wildman–Crippen MR) is 88.3 cm³/mol. The van der Waals surface area contributed by atoms with Crippen LogP contribution in [-0.2, 0) is 0 Å². The molecule has 0 fully saturated rings. The fraction of sp³-hybridized carbons (Fsp3) is 0.312. The zero-order valence-corrected chi connectivity index (χ0v) is 13.6. The molecule has 5 heteroatoms. The van der Waals surface area contributed by atoms with Gasteiger partial charge in [0.25, 0.3) is 0 Å². The molecule has 0 bridgehead atoms. The van der Waals surface area contributed by atoms with Gasteiger partial charge in [-0.3, -0.25) is 0 Å². The Bertz CT molecular complexity index is 690. The minimum atomic E-state index is 0.296. The summed E-state index contributed by atoms with van der Waals surface area (Å²) in [7, 11) is 1.64. The van der Waals surface area contributed by atoms with Gasteiger partial charge in [-0.15, -0.1) is 23.1 Å². The minimum Gasteiger partial charge on any atom is -0.495 e. The summed E-state index contributed by atoms with van der Waals surface area (Å²) in [6.45, 7) is 2.26. The molecule has 3 rings (SSSR count). The summed E-state index contributed by atoms with van der Waals surface area (Å²) >= 11 is 3.76. The number of hydrogen-bond donors (Lipinski definition) is 1. The Labute approximate surface area is 132 Å². The SMILES string of the molecule is COc1cc(C#N)ccc1NC1C[C@H](C)Sc2sccc21. The van der Waals surface area contributed by atoms with Gasteiger partial charge in [-0.2, -0.15) is 5.26 Å². The maximum Gasteiger partial charge on any atom is 0.143 e. The van der Waals surface area contributed by atoms with Gasteiger partial charge in [0.15, 0.2) is 0 Å². The summed E-state index contributed by atoms with van der Waals surface area (Å²) in [5.74, 6) is 0.719. The average Bonchev–Trinajstić information content (AvgIpc) is 2.96. The van der Waals surface area contributed by atoms with Gasteiger partial charge in [-0.25, -0.2) is 0 Å². The average molecular weight is 316 g/mol. The molecule has 1 aliphatic heterocycles. The molecule has 21 heavy (non-hydrogen) atoms. The molecule has 2 aromatic rings. The van der Waals surface area contributed by atoms with Crippen molar-refractivity contribution in [3.63, 3.8) is 0 Å². The summed E-state index contributed by atoms with van der Waals surface area (Å²) in [5.41, 5.74) is 2.92. The van der Waals surface area contributed by atoms with E-state index >= 15 is 0 Å². The number of ether oxygens (including phenoxy) is 1. The van der Waals surface area contributed by atoms with E-state index in [2.05, 4.69) is 29.8 Å². The van der Waals surface area contributed by atoms with Crippen LogP contribution in [0.2, 0.25) is 0 Å². The molecule has 108 valence electrons. The Kier molecular flexibility index (Phi) is 4.09. The van der Waals surface area contributed by atoms with E-state index in [1.54, 1.807) is 13.2 Å². The number of anilines is 1. The Morgan fingerprint density at radius 1 is 1.38 bits per heavy atom. The van der Waals surface area contributed by atoms with Crippen molar-refractivity contribution in [2.24, 2.45) is 0 Å². The summed E-state index contributed by atoms with van der Waals surface area (Å²) in [5, 5.41) is 15.3. The highest BCUT2D eigenvalue weighted by molar-refractivity contribution is 8.01. The molecule has 2 heterocycles. The van der Waals surface area contributed by atoms with E-state index in [0.717, 1.165) is 17.9 Å². The molecule has 0 amide bonds. The van der Waals surface area contributed by atoms with Crippen LogP contribution in [0, 0.1) is 11.3 Å². The monoisotopic (exact) mass is 316 g/mol. The molecule has 1 aliphatic rings. The third kappa shape index (κ3) is 2.87. The molecule has 0 aliphatic carbocycles. The Balaban J connectivity index is 1.90. The molecule has 0 radical (unpaired) electrons. The lowest BCUT2D eigenvalue weighted by Crippen LogP contribution is -2.19. The van der Waals surface area contributed by atoms with Crippen LogP contribution in [-0.4, -0.2) is 12.4 Å². The van der Waals surface area contributed by atoms with Crippen LogP contribution >= 0.6 is 23.1 Å². The number of rotatable bonds is 3. The van der Waals surface area contributed by atoms with Crippen molar-refractivity contribution >= 4 is 28.8 Å². The van der Waals surface area contributed by atoms with Crippen molar-refractivity contribution in [2.75, 3.05) is 12.4 Å². The zero-order valence-electron chi connectivity index (χ0n) is 11.9. The number of benzene rings is 1. The normalized spacial score (nSPS) is 20.4.